The molecule has 0 amide bonds. The zero-order chi connectivity index (χ0) is 7.49. The Bertz CT molecular complexity index is 105. The lowest BCUT2D eigenvalue weighted by molar-refractivity contribution is -0.144. The lowest BCUT2D eigenvalue weighted by Crippen LogP contribution is -2.26. The van der Waals surface area contributed by atoms with Gasteiger partial charge in [-0.1, -0.05) is 30.8 Å². The number of carbonyl (C=O) groups excluding carboxylic acids is 1. The molecule has 0 saturated heterocycles. The number of halogens is 1. The van der Waals surface area contributed by atoms with E-state index in [9.17, 15) is 4.79 Å². The normalized spacial score (nSPS) is 9.09. The summed E-state index contributed by atoms with van der Waals surface area (Å²) in [6, 6.07) is 0. The van der Waals surface area contributed by atoms with Gasteiger partial charge in [-0.15, -0.1) is 0 Å². The minimum absolute atomic E-state index is 0. The molecule has 0 rings (SSSR count). The summed E-state index contributed by atoms with van der Waals surface area (Å²) in [5.74, 6) is -0.218. The summed E-state index contributed by atoms with van der Waals surface area (Å²) in [5, 5.41) is 0. The first kappa shape index (κ1) is 17.2. The first-order valence-electron chi connectivity index (χ1n) is 2.84. The molecule has 70 valence electrons. The lowest BCUT2D eigenvalue weighted by Gasteiger charge is -2.12. The van der Waals surface area contributed by atoms with E-state index < -0.39 is 4.32 Å². The van der Waals surface area contributed by atoms with Crippen LogP contribution in [0.4, 0.5) is 0 Å². The van der Waals surface area contributed by atoms with Crippen LogP contribution in [-0.2, 0) is 9.53 Å². The van der Waals surface area contributed by atoms with Crippen molar-refractivity contribution in [2.45, 2.75) is 39.9 Å². The van der Waals surface area contributed by atoms with Crippen molar-refractivity contribution in [1.82, 2.24) is 0 Å². The van der Waals surface area contributed by atoms with Crippen LogP contribution in [0.3, 0.4) is 0 Å². The van der Waals surface area contributed by atoms with Gasteiger partial charge in [-0.3, -0.25) is 4.79 Å². The van der Waals surface area contributed by atoms with Crippen LogP contribution in [0.15, 0.2) is 0 Å². The molecule has 3 heteroatoms. The quantitative estimate of drug-likeness (QED) is 0.535. The largest absolute Gasteiger partial charge is 0.465 e. The summed E-state index contributed by atoms with van der Waals surface area (Å²) in [4.78, 5) is 10.8. The third kappa shape index (κ3) is 7.85. The molecule has 0 saturated carbocycles. The van der Waals surface area contributed by atoms with Crippen molar-refractivity contribution in [3.8, 4) is 0 Å². The highest BCUT2D eigenvalue weighted by Gasteiger charge is 2.24. The Balaban J connectivity index is -0.000000320. The monoisotopic (exact) mass is 226 g/mol. The molecule has 0 heterocycles. The molecule has 0 aliphatic rings. The van der Waals surface area contributed by atoms with Gasteiger partial charge in [0, 0.05) is 0 Å². The molecule has 0 aliphatic heterocycles. The van der Waals surface area contributed by atoms with Gasteiger partial charge in [0.1, 0.15) is 4.32 Å². The molecular formula is C8H19BrO2. The average molecular weight is 227 g/mol. The van der Waals surface area contributed by atoms with E-state index in [0.29, 0.717) is 6.61 Å². The Hall–Kier alpha value is -0.0500. The van der Waals surface area contributed by atoms with Crippen LogP contribution in [0.1, 0.15) is 35.6 Å². The van der Waals surface area contributed by atoms with E-state index in [0.717, 1.165) is 0 Å². The van der Waals surface area contributed by atoms with Gasteiger partial charge in [-0.25, -0.2) is 0 Å². The third-order valence-corrected chi connectivity index (χ3v) is 1.08. The highest BCUT2D eigenvalue weighted by atomic mass is 79.9. The van der Waals surface area contributed by atoms with Crippen LogP contribution in [-0.4, -0.2) is 16.9 Å². The van der Waals surface area contributed by atoms with Crippen LogP contribution in [0.2, 0.25) is 0 Å². The minimum atomic E-state index is -0.539. The summed E-state index contributed by atoms with van der Waals surface area (Å²) >= 11 is 3.17. The number of hydrogen-bond acceptors (Lipinski definition) is 2. The maximum atomic E-state index is 10.8. The second-order valence-electron chi connectivity index (χ2n) is 2.19. The van der Waals surface area contributed by atoms with Crippen molar-refractivity contribution >= 4 is 21.9 Å². The summed E-state index contributed by atoms with van der Waals surface area (Å²) in [7, 11) is 0. The van der Waals surface area contributed by atoms with Crippen molar-refractivity contribution in [2.75, 3.05) is 6.61 Å². The van der Waals surface area contributed by atoms with Crippen molar-refractivity contribution in [1.29, 1.82) is 0 Å². The summed E-state index contributed by atoms with van der Waals surface area (Å²) in [5.41, 5.74) is 0. The second kappa shape index (κ2) is 6.65. The number of alkyl halides is 1. The van der Waals surface area contributed by atoms with Gasteiger partial charge in [0.2, 0.25) is 0 Å². The van der Waals surface area contributed by atoms with Gasteiger partial charge in [0.25, 0.3) is 0 Å². The molecule has 0 aromatic rings. The van der Waals surface area contributed by atoms with E-state index in [4.69, 9.17) is 4.74 Å². The molecule has 0 spiro atoms. The molecule has 0 aromatic carbocycles. The molecule has 0 atom stereocenters. The fourth-order valence-corrected chi connectivity index (χ4v) is 0.417. The molecule has 0 N–H and O–H groups in total. The lowest BCUT2D eigenvalue weighted by atomic mass is 10.2. The average Bonchev–Trinajstić information content (AvgIpc) is 1.64. The standard InChI is InChI=1S/C6H11BrO2.2CH4/c1-4-9-5(8)6(2,3)7;;/h4H2,1-3H3;2*1H4. The van der Waals surface area contributed by atoms with Crippen molar-refractivity contribution in [3.05, 3.63) is 0 Å². The fourth-order valence-electron chi connectivity index (χ4n) is 0.303. The molecule has 0 unspecified atom stereocenters. The van der Waals surface area contributed by atoms with E-state index in [1.54, 1.807) is 20.8 Å². The Morgan fingerprint density at radius 1 is 1.45 bits per heavy atom. The van der Waals surface area contributed by atoms with Gasteiger partial charge in [0.15, 0.2) is 0 Å². The molecule has 0 bridgehead atoms. The van der Waals surface area contributed by atoms with Gasteiger partial charge < -0.3 is 4.74 Å². The topological polar surface area (TPSA) is 26.3 Å². The smallest absolute Gasteiger partial charge is 0.322 e. The molecule has 2 nitrogen and oxygen atoms in total. The molecule has 11 heavy (non-hydrogen) atoms. The van der Waals surface area contributed by atoms with E-state index in [-0.39, 0.29) is 20.8 Å². The summed E-state index contributed by atoms with van der Waals surface area (Å²) in [6.07, 6.45) is 0. The van der Waals surface area contributed by atoms with Gasteiger partial charge in [-0.2, -0.15) is 0 Å². The zero-order valence-corrected chi connectivity index (χ0v) is 7.49. The van der Waals surface area contributed by atoms with Crippen molar-refractivity contribution in [2.24, 2.45) is 0 Å². The molecule has 0 aliphatic carbocycles. The van der Waals surface area contributed by atoms with Crippen molar-refractivity contribution < 1.29 is 9.53 Å². The number of ether oxygens (including phenoxy) is 1. The summed E-state index contributed by atoms with van der Waals surface area (Å²) < 4.78 is 4.18. The maximum absolute atomic E-state index is 10.8. The van der Waals surface area contributed by atoms with Crippen LogP contribution in [0.25, 0.3) is 0 Å². The predicted molar refractivity (Wildman–Crippen MR) is 53.1 cm³/mol. The summed E-state index contributed by atoms with van der Waals surface area (Å²) in [6.45, 7) is 5.74. The highest BCUT2D eigenvalue weighted by molar-refractivity contribution is 9.10. The van der Waals surface area contributed by atoms with Crippen molar-refractivity contribution in [3.63, 3.8) is 0 Å². The van der Waals surface area contributed by atoms with Gasteiger partial charge in [-0.05, 0) is 20.8 Å². The molecule has 0 fully saturated rings. The molecular weight excluding hydrogens is 208 g/mol. The second-order valence-corrected chi connectivity index (χ2v) is 4.18. The van der Waals surface area contributed by atoms with Gasteiger partial charge in [0.05, 0.1) is 6.61 Å². The van der Waals surface area contributed by atoms with Crippen LogP contribution in [0.5, 0.6) is 0 Å². The zero-order valence-electron chi connectivity index (χ0n) is 5.90. The Kier molecular flexibility index (Phi) is 10.4. The SMILES string of the molecule is C.C.CCOC(=O)C(C)(C)Br. The maximum Gasteiger partial charge on any atom is 0.322 e. The van der Waals surface area contributed by atoms with E-state index in [1.165, 1.54) is 0 Å². The highest BCUT2D eigenvalue weighted by Crippen LogP contribution is 2.16. The Labute approximate surface area is 78.4 Å². The third-order valence-electron chi connectivity index (χ3n) is 0.761. The minimum Gasteiger partial charge on any atom is -0.465 e. The molecule has 0 aromatic heterocycles. The van der Waals surface area contributed by atoms with E-state index in [1.807, 2.05) is 0 Å². The first-order valence-corrected chi connectivity index (χ1v) is 3.64. The molecule has 0 radical (unpaired) electrons. The number of carbonyl (C=O) groups is 1. The Morgan fingerprint density at radius 2 is 1.82 bits per heavy atom. The van der Waals surface area contributed by atoms with Crippen LogP contribution < -0.4 is 0 Å². The number of rotatable bonds is 2. The predicted octanol–water partition coefficient (Wildman–Crippen LogP) is 3.00. The first-order chi connectivity index (χ1) is 3.98. The number of esters is 1. The van der Waals surface area contributed by atoms with E-state index in [2.05, 4.69) is 15.9 Å². The Morgan fingerprint density at radius 3 is 1.91 bits per heavy atom. The van der Waals surface area contributed by atoms with Gasteiger partial charge >= 0.3 is 5.97 Å². The number of hydrogen-bond donors (Lipinski definition) is 0. The van der Waals surface area contributed by atoms with Crippen LogP contribution in [0, 0.1) is 0 Å². The fraction of sp³-hybridized carbons (Fsp3) is 0.875. The van der Waals surface area contributed by atoms with Crippen LogP contribution >= 0.6 is 15.9 Å². The van der Waals surface area contributed by atoms with E-state index >= 15 is 0 Å².